The van der Waals surface area contributed by atoms with Crippen molar-refractivity contribution in [3.8, 4) is 0 Å². The first-order valence-corrected chi connectivity index (χ1v) is 7.31. The second-order valence-electron chi connectivity index (χ2n) is 5.22. The number of anilines is 1. The van der Waals surface area contributed by atoms with E-state index in [-0.39, 0.29) is 5.91 Å². The Hall–Kier alpha value is -1.40. The number of methoxy groups -OCH3 is 2. The third-order valence-corrected chi connectivity index (χ3v) is 4.80. The maximum Gasteiger partial charge on any atom is 0.341 e. The van der Waals surface area contributed by atoms with Crippen molar-refractivity contribution in [3.05, 3.63) is 16.0 Å². The minimum absolute atomic E-state index is 0.273. The van der Waals surface area contributed by atoms with Crippen molar-refractivity contribution in [2.24, 2.45) is 0 Å². The Labute approximate surface area is 122 Å². The van der Waals surface area contributed by atoms with Crippen LogP contribution in [0.15, 0.2) is 0 Å². The van der Waals surface area contributed by atoms with Gasteiger partial charge < -0.3 is 14.8 Å². The first kappa shape index (κ1) is 15.0. The predicted molar refractivity (Wildman–Crippen MR) is 77.4 cm³/mol. The van der Waals surface area contributed by atoms with Crippen molar-refractivity contribution in [1.82, 2.24) is 0 Å². The average Bonchev–Trinajstić information content (AvgIpc) is 2.98. The van der Waals surface area contributed by atoms with E-state index < -0.39 is 11.6 Å². The van der Waals surface area contributed by atoms with Crippen molar-refractivity contribution in [3.63, 3.8) is 0 Å². The zero-order valence-electron chi connectivity index (χ0n) is 12.2. The Morgan fingerprint density at radius 1 is 1.25 bits per heavy atom. The molecule has 1 aliphatic carbocycles. The molecule has 5 nitrogen and oxygen atoms in total. The quantitative estimate of drug-likeness (QED) is 0.867. The van der Waals surface area contributed by atoms with Crippen molar-refractivity contribution >= 4 is 28.2 Å². The van der Waals surface area contributed by atoms with Gasteiger partial charge in [0.2, 0.25) is 0 Å². The summed E-state index contributed by atoms with van der Waals surface area (Å²) in [5, 5.41) is 3.37. The first-order chi connectivity index (χ1) is 9.40. The smallest absolute Gasteiger partial charge is 0.341 e. The highest BCUT2D eigenvalue weighted by Crippen LogP contribution is 2.39. The Bertz CT molecular complexity index is 548. The third-order valence-electron chi connectivity index (χ3n) is 3.60. The summed E-state index contributed by atoms with van der Waals surface area (Å²) in [4.78, 5) is 25.3. The van der Waals surface area contributed by atoms with Gasteiger partial charge in [-0.15, -0.1) is 11.3 Å². The van der Waals surface area contributed by atoms with Crippen LogP contribution in [-0.4, -0.2) is 31.7 Å². The molecule has 1 heterocycles. The fourth-order valence-electron chi connectivity index (χ4n) is 2.16. The van der Waals surface area contributed by atoms with E-state index >= 15 is 0 Å². The van der Waals surface area contributed by atoms with Crippen LogP contribution in [0.5, 0.6) is 0 Å². The van der Waals surface area contributed by atoms with E-state index in [0.717, 1.165) is 29.7 Å². The molecular formula is C14H19NO4S. The SMILES string of the molecule is COC(=O)c1c(NC(=O)C(C)(C)OC)sc2c1CCC2. The highest BCUT2D eigenvalue weighted by molar-refractivity contribution is 7.17. The van der Waals surface area contributed by atoms with Gasteiger partial charge in [-0.05, 0) is 38.7 Å². The standard InChI is InChI=1S/C14H19NO4S/c1-14(2,19-4)13(17)15-11-10(12(16)18-3)8-6-5-7-9(8)20-11/h5-7H2,1-4H3,(H,15,17). The van der Waals surface area contributed by atoms with Crippen LogP contribution in [0.4, 0.5) is 5.00 Å². The molecule has 110 valence electrons. The van der Waals surface area contributed by atoms with Crippen molar-refractivity contribution < 1.29 is 19.1 Å². The van der Waals surface area contributed by atoms with Crippen LogP contribution < -0.4 is 5.32 Å². The van der Waals surface area contributed by atoms with Gasteiger partial charge in [0.05, 0.1) is 12.7 Å². The summed E-state index contributed by atoms with van der Waals surface area (Å²) in [5.74, 6) is -0.667. The minimum Gasteiger partial charge on any atom is -0.465 e. The molecule has 1 aromatic heterocycles. The highest BCUT2D eigenvalue weighted by Gasteiger charge is 2.32. The van der Waals surface area contributed by atoms with Crippen molar-refractivity contribution in [2.45, 2.75) is 38.7 Å². The lowest BCUT2D eigenvalue weighted by atomic mass is 10.1. The van der Waals surface area contributed by atoms with Crippen molar-refractivity contribution in [2.75, 3.05) is 19.5 Å². The molecule has 1 aliphatic rings. The van der Waals surface area contributed by atoms with Crippen LogP contribution in [0.3, 0.4) is 0 Å². The molecule has 0 bridgehead atoms. The number of carbonyl (C=O) groups is 2. The Balaban J connectivity index is 2.33. The van der Waals surface area contributed by atoms with Gasteiger partial charge in [-0.2, -0.15) is 0 Å². The number of nitrogens with one attached hydrogen (secondary N) is 1. The van der Waals surface area contributed by atoms with Crippen LogP contribution in [-0.2, 0) is 27.1 Å². The first-order valence-electron chi connectivity index (χ1n) is 6.50. The molecule has 0 aliphatic heterocycles. The van der Waals surface area contributed by atoms with Gasteiger partial charge in [-0.3, -0.25) is 4.79 Å². The summed E-state index contributed by atoms with van der Waals surface area (Å²) < 4.78 is 9.99. The second-order valence-corrected chi connectivity index (χ2v) is 6.33. The molecule has 0 radical (unpaired) electrons. The molecule has 2 rings (SSSR count). The molecular weight excluding hydrogens is 278 g/mol. The van der Waals surface area contributed by atoms with Gasteiger partial charge in [0.25, 0.3) is 5.91 Å². The fourth-order valence-corrected chi connectivity index (χ4v) is 3.43. The molecule has 1 N–H and O–H groups in total. The van der Waals surface area contributed by atoms with Gasteiger partial charge in [0.1, 0.15) is 10.6 Å². The number of ether oxygens (including phenoxy) is 2. The van der Waals surface area contributed by atoms with Crippen LogP contribution in [0.1, 0.15) is 41.1 Å². The fraction of sp³-hybridized carbons (Fsp3) is 0.571. The lowest BCUT2D eigenvalue weighted by Crippen LogP contribution is -2.38. The molecule has 0 spiro atoms. The van der Waals surface area contributed by atoms with E-state index in [4.69, 9.17) is 9.47 Å². The number of fused-ring (bicyclic) bond motifs is 1. The predicted octanol–water partition coefficient (Wildman–Crippen LogP) is 2.39. The molecule has 0 fully saturated rings. The summed E-state index contributed by atoms with van der Waals surface area (Å²) in [5.41, 5.74) is 0.583. The highest BCUT2D eigenvalue weighted by atomic mass is 32.1. The largest absolute Gasteiger partial charge is 0.465 e. The Kier molecular flexibility index (Phi) is 4.15. The number of thiophene rings is 1. The molecule has 6 heteroatoms. The Morgan fingerprint density at radius 3 is 2.55 bits per heavy atom. The molecule has 1 aromatic rings. The van der Waals surface area contributed by atoms with E-state index in [9.17, 15) is 9.59 Å². The molecule has 0 saturated carbocycles. The number of esters is 1. The molecule has 20 heavy (non-hydrogen) atoms. The van der Waals surface area contributed by atoms with Gasteiger partial charge in [-0.1, -0.05) is 0 Å². The molecule has 0 atom stereocenters. The van der Waals surface area contributed by atoms with Crippen LogP contribution in [0.25, 0.3) is 0 Å². The van der Waals surface area contributed by atoms with E-state index in [2.05, 4.69) is 5.32 Å². The summed E-state index contributed by atoms with van der Waals surface area (Å²) in [6.07, 6.45) is 2.86. The average molecular weight is 297 g/mol. The van der Waals surface area contributed by atoms with E-state index in [1.807, 2.05) is 0 Å². The number of aryl methyl sites for hydroxylation is 1. The normalized spacial score (nSPS) is 14.0. The van der Waals surface area contributed by atoms with Gasteiger partial charge >= 0.3 is 5.97 Å². The van der Waals surface area contributed by atoms with E-state index in [1.54, 1.807) is 13.8 Å². The van der Waals surface area contributed by atoms with E-state index in [0.29, 0.717) is 10.6 Å². The topological polar surface area (TPSA) is 64.6 Å². The molecule has 0 saturated heterocycles. The monoisotopic (exact) mass is 297 g/mol. The maximum absolute atomic E-state index is 12.2. The molecule has 0 unspecified atom stereocenters. The molecule has 0 aromatic carbocycles. The van der Waals surface area contributed by atoms with Crippen molar-refractivity contribution in [1.29, 1.82) is 0 Å². The number of hydrogen-bond donors (Lipinski definition) is 1. The van der Waals surface area contributed by atoms with Gasteiger partial charge in [-0.25, -0.2) is 4.79 Å². The Morgan fingerprint density at radius 2 is 1.95 bits per heavy atom. The summed E-state index contributed by atoms with van der Waals surface area (Å²) >= 11 is 1.46. The van der Waals surface area contributed by atoms with Crippen LogP contribution in [0.2, 0.25) is 0 Å². The lowest BCUT2D eigenvalue weighted by Gasteiger charge is -2.21. The second kappa shape index (κ2) is 5.54. The van der Waals surface area contributed by atoms with Crippen LogP contribution in [0, 0.1) is 0 Å². The number of rotatable bonds is 4. The lowest BCUT2D eigenvalue weighted by molar-refractivity contribution is -0.133. The summed E-state index contributed by atoms with van der Waals surface area (Å²) in [7, 11) is 2.83. The molecule has 1 amide bonds. The zero-order chi connectivity index (χ0) is 14.9. The number of carbonyl (C=O) groups excluding carboxylic acids is 2. The van der Waals surface area contributed by atoms with Gasteiger partial charge in [0.15, 0.2) is 0 Å². The number of amides is 1. The van der Waals surface area contributed by atoms with Crippen LogP contribution >= 0.6 is 11.3 Å². The summed E-state index contributed by atoms with van der Waals surface area (Å²) in [6.45, 7) is 3.36. The maximum atomic E-state index is 12.2. The minimum atomic E-state index is -0.943. The van der Waals surface area contributed by atoms with E-state index in [1.165, 1.54) is 25.6 Å². The number of hydrogen-bond acceptors (Lipinski definition) is 5. The third kappa shape index (κ3) is 2.58. The van der Waals surface area contributed by atoms with Gasteiger partial charge in [0, 0.05) is 12.0 Å². The summed E-state index contributed by atoms with van der Waals surface area (Å²) in [6, 6.07) is 0. The zero-order valence-corrected chi connectivity index (χ0v) is 13.0.